The zero-order valence-corrected chi connectivity index (χ0v) is 9.66. The van der Waals surface area contributed by atoms with Crippen molar-refractivity contribution < 1.29 is 15.3 Å². The number of benzene rings is 1. The van der Waals surface area contributed by atoms with Gasteiger partial charge in [0.05, 0.1) is 12.6 Å². The van der Waals surface area contributed by atoms with Crippen molar-refractivity contribution in [1.29, 1.82) is 0 Å². The van der Waals surface area contributed by atoms with Crippen molar-refractivity contribution in [2.24, 2.45) is 0 Å². The fourth-order valence-electron chi connectivity index (χ4n) is 1.52. The second-order valence-electron chi connectivity index (χ2n) is 3.87. The molecule has 0 aliphatic heterocycles. The van der Waals surface area contributed by atoms with E-state index in [0.717, 1.165) is 5.56 Å². The molecule has 0 unspecified atom stereocenters. The summed E-state index contributed by atoms with van der Waals surface area (Å²) in [5.74, 6) is 0. The Hall–Kier alpha value is -1.20. The Kier molecular flexibility index (Phi) is 5.86. The van der Waals surface area contributed by atoms with Crippen LogP contribution in [-0.2, 0) is 6.54 Å². The lowest BCUT2D eigenvalue weighted by Crippen LogP contribution is -2.46. The van der Waals surface area contributed by atoms with E-state index < -0.39 is 24.9 Å². The van der Waals surface area contributed by atoms with Crippen LogP contribution in [0, 0.1) is 0 Å². The number of aliphatic hydroxyl groups is 3. The number of rotatable bonds is 7. The van der Waals surface area contributed by atoms with Gasteiger partial charge >= 0.3 is 0 Å². The van der Waals surface area contributed by atoms with Gasteiger partial charge in [-0.1, -0.05) is 36.4 Å². The summed E-state index contributed by atoms with van der Waals surface area (Å²) in [6, 6.07) is 9.25. The van der Waals surface area contributed by atoms with E-state index in [1.165, 1.54) is 6.08 Å². The molecule has 3 atom stereocenters. The van der Waals surface area contributed by atoms with E-state index in [0.29, 0.717) is 6.54 Å². The van der Waals surface area contributed by atoms with E-state index in [1.54, 1.807) is 0 Å². The number of aliphatic hydroxyl groups excluding tert-OH is 3. The molecule has 0 spiro atoms. The highest BCUT2D eigenvalue weighted by molar-refractivity contribution is 5.14. The van der Waals surface area contributed by atoms with Gasteiger partial charge in [0.15, 0.2) is 0 Å². The maximum Gasteiger partial charge on any atom is 0.105 e. The topological polar surface area (TPSA) is 72.7 Å². The highest BCUT2D eigenvalue weighted by Crippen LogP contribution is 2.04. The van der Waals surface area contributed by atoms with E-state index >= 15 is 0 Å². The molecule has 0 aliphatic rings. The average molecular weight is 237 g/mol. The quantitative estimate of drug-likeness (QED) is 0.505. The van der Waals surface area contributed by atoms with Crippen molar-refractivity contribution in [1.82, 2.24) is 5.32 Å². The third-order valence-electron chi connectivity index (χ3n) is 2.59. The minimum absolute atomic E-state index is 0.461. The van der Waals surface area contributed by atoms with Crippen LogP contribution in [0.25, 0.3) is 0 Å². The Balaban J connectivity index is 2.50. The lowest BCUT2D eigenvalue weighted by Gasteiger charge is -2.24. The van der Waals surface area contributed by atoms with Crippen LogP contribution in [0.1, 0.15) is 5.56 Å². The molecule has 0 heterocycles. The third-order valence-corrected chi connectivity index (χ3v) is 2.59. The van der Waals surface area contributed by atoms with Gasteiger partial charge in [0, 0.05) is 6.54 Å². The van der Waals surface area contributed by atoms with Crippen molar-refractivity contribution in [3.05, 3.63) is 48.6 Å². The summed E-state index contributed by atoms with van der Waals surface area (Å²) in [6.07, 6.45) is -0.713. The molecule has 1 aromatic rings. The van der Waals surface area contributed by atoms with Gasteiger partial charge in [-0.15, -0.1) is 6.58 Å². The molecule has 94 valence electrons. The number of nitrogens with one attached hydrogen (secondary N) is 1. The summed E-state index contributed by atoms with van der Waals surface area (Å²) in [4.78, 5) is 0. The summed E-state index contributed by atoms with van der Waals surface area (Å²) in [5, 5.41) is 30.9. The molecule has 1 aromatic carbocycles. The van der Waals surface area contributed by atoms with Gasteiger partial charge in [-0.25, -0.2) is 0 Å². The van der Waals surface area contributed by atoms with E-state index in [9.17, 15) is 10.2 Å². The lowest BCUT2D eigenvalue weighted by molar-refractivity contribution is -0.0245. The average Bonchev–Trinajstić information content (AvgIpc) is 2.39. The van der Waals surface area contributed by atoms with Gasteiger partial charge in [0.25, 0.3) is 0 Å². The Morgan fingerprint density at radius 2 is 1.88 bits per heavy atom. The molecule has 0 saturated carbocycles. The summed E-state index contributed by atoms with van der Waals surface area (Å²) >= 11 is 0. The third kappa shape index (κ3) is 4.28. The molecule has 0 bridgehead atoms. The number of hydrogen-bond donors (Lipinski definition) is 4. The predicted molar refractivity (Wildman–Crippen MR) is 66.4 cm³/mol. The van der Waals surface area contributed by atoms with Crippen molar-refractivity contribution in [2.75, 3.05) is 6.61 Å². The highest BCUT2D eigenvalue weighted by Gasteiger charge is 2.22. The van der Waals surface area contributed by atoms with Gasteiger partial charge in [-0.2, -0.15) is 0 Å². The van der Waals surface area contributed by atoms with Crippen LogP contribution in [0.4, 0.5) is 0 Å². The second-order valence-corrected chi connectivity index (χ2v) is 3.87. The van der Waals surface area contributed by atoms with Crippen molar-refractivity contribution in [2.45, 2.75) is 24.8 Å². The predicted octanol–water partition coefficient (Wildman–Crippen LogP) is 0.0449. The minimum atomic E-state index is -1.17. The smallest absolute Gasteiger partial charge is 0.105 e. The second kappa shape index (κ2) is 7.19. The van der Waals surface area contributed by atoms with Gasteiger partial charge in [0.1, 0.15) is 12.2 Å². The Bertz CT molecular complexity index is 329. The van der Waals surface area contributed by atoms with Crippen molar-refractivity contribution >= 4 is 0 Å². The summed E-state index contributed by atoms with van der Waals surface area (Å²) < 4.78 is 0. The molecular formula is C13H19NO3. The molecule has 0 saturated heterocycles. The SMILES string of the molecule is C=C[C@@H](NCc1ccccc1)[C@@H](O)[C@H](O)CO. The van der Waals surface area contributed by atoms with E-state index in [1.807, 2.05) is 30.3 Å². The molecule has 1 rings (SSSR count). The molecule has 4 N–H and O–H groups in total. The van der Waals surface area contributed by atoms with Crippen LogP contribution in [0.2, 0.25) is 0 Å². The van der Waals surface area contributed by atoms with Crippen molar-refractivity contribution in [3.8, 4) is 0 Å². The van der Waals surface area contributed by atoms with Crippen LogP contribution in [0.3, 0.4) is 0 Å². The van der Waals surface area contributed by atoms with E-state index in [-0.39, 0.29) is 0 Å². The maximum atomic E-state index is 9.71. The first-order valence-corrected chi connectivity index (χ1v) is 5.56. The Morgan fingerprint density at radius 3 is 2.41 bits per heavy atom. The first kappa shape index (κ1) is 13.9. The molecule has 0 fully saturated rings. The minimum Gasteiger partial charge on any atom is -0.394 e. The van der Waals surface area contributed by atoms with Crippen LogP contribution in [0.5, 0.6) is 0 Å². The Morgan fingerprint density at radius 1 is 1.24 bits per heavy atom. The highest BCUT2D eigenvalue weighted by atomic mass is 16.4. The lowest BCUT2D eigenvalue weighted by atomic mass is 10.1. The number of hydrogen-bond acceptors (Lipinski definition) is 4. The zero-order chi connectivity index (χ0) is 12.7. The van der Waals surface area contributed by atoms with Crippen LogP contribution in [0.15, 0.2) is 43.0 Å². The zero-order valence-electron chi connectivity index (χ0n) is 9.66. The summed E-state index contributed by atoms with van der Waals surface area (Å²) in [6.45, 7) is 3.68. The maximum absolute atomic E-state index is 9.71. The van der Waals surface area contributed by atoms with Crippen LogP contribution >= 0.6 is 0 Å². The molecule has 0 aromatic heterocycles. The van der Waals surface area contributed by atoms with Gasteiger partial charge in [0.2, 0.25) is 0 Å². The van der Waals surface area contributed by atoms with Gasteiger partial charge in [-0.3, -0.25) is 0 Å². The molecule has 17 heavy (non-hydrogen) atoms. The normalized spacial score (nSPS) is 16.2. The fourth-order valence-corrected chi connectivity index (χ4v) is 1.52. The fraction of sp³-hybridized carbons (Fsp3) is 0.385. The molecular weight excluding hydrogens is 218 g/mol. The first-order chi connectivity index (χ1) is 8.19. The summed E-state index contributed by atoms with van der Waals surface area (Å²) in [5.41, 5.74) is 1.07. The van der Waals surface area contributed by atoms with E-state index in [2.05, 4.69) is 11.9 Å². The van der Waals surface area contributed by atoms with Crippen molar-refractivity contribution in [3.63, 3.8) is 0 Å². The largest absolute Gasteiger partial charge is 0.394 e. The van der Waals surface area contributed by atoms with E-state index in [4.69, 9.17) is 5.11 Å². The monoisotopic (exact) mass is 237 g/mol. The van der Waals surface area contributed by atoms with Gasteiger partial charge < -0.3 is 20.6 Å². The van der Waals surface area contributed by atoms with Gasteiger partial charge in [-0.05, 0) is 5.56 Å². The van der Waals surface area contributed by atoms with Crippen LogP contribution in [-0.4, -0.2) is 40.2 Å². The molecule has 0 amide bonds. The molecule has 4 heteroatoms. The molecule has 4 nitrogen and oxygen atoms in total. The first-order valence-electron chi connectivity index (χ1n) is 5.56. The molecule has 0 radical (unpaired) electrons. The molecule has 0 aliphatic carbocycles. The summed E-state index contributed by atoms with van der Waals surface area (Å²) in [7, 11) is 0. The Labute approximate surface area is 101 Å². The van der Waals surface area contributed by atoms with Crippen LogP contribution < -0.4 is 5.32 Å². The standard InChI is InChI=1S/C13H19NO3/c1-2-11(13(17)12(16)9-15)14-8-10-6-4-3-5-7-10/h2-7,11-17H,1,8-9H2/t11-,12-,13-/m1/s1.